The summed E-state index contributed by atoms with van der Waals surface area (Å²) in [6.07, 6.45) is -4.47. The van der Waals surface area contributed by atoms with Crippen molar-refractivity contribution in [3.63, 3.8) is 0 Å². The number of amides is 2. The fourth-order valence-corrected chi connectivity index (χ4v) is 0.541. The van der Waals surface area contributed by atoms with E-state index in [1.807, 2.05) is 5.32 Å². The predicted octanol–water partition coefficient (Wildman–Crippen LogP) is 0.195. The fourth-order valence-electron chi connectivity index (χ4n) is 0.541. The van der Waals surface area contributed by atoms with Crippen LogP contribution in [0.2, 0.25) is 0 Å². The Morgan fingerprint density at radius 3 is 2.38 bits per heavy atom. The standard InChI is InChI=1S/C6H12F3N3O/c1-2-11-5(13)12-3-4(10)6(7,8)9/h4H,2-3,10H2,1H3,(H2,11,12,13). The maximum Gasteiger partial charge on any atom is 0.405 e. The highest BCUT2D eigenvalue weighted by molar-refractivity contribution is 5.73. The van der Waals surface area contributed by atoms with Crippen molar-refractivity contribution in [1.29, 1.82) is 0 Å². The van der Waals surface area contributed by atoms with Gasteiger partial charge in [-0.05, 0) is 6.92 Å². The van der Waals surface area contributed by atoms with Crippen LogP contribution in [0.25, 0.3) is 0 Å². The molecule has 0 aromatic carbocycles. The van der Waals surface area contributed by atoms with Gasteiger partial charge in [-0.25, -0.2) is 4.79 Å². The van der Waals surface area contributed by atoms with Crippen molar-refractivity contribution in [3.05, 3.63) is 0 Å². The molecule has 2 amide bonds. The van der Waals surface area contributed by atoms with Crippen molar-refractivity contribution in [2.45, 2.75) is 19.1 Å². The van der Waals surface area contributed by atoms with Crippen LogP contribution >= 0.6 is 0 Å². The van der Waals surface area contributed by atoms with Crippen LogP contribution in [0.15, 0.2) is 0 Å². The first-order valence-electron chi connectivity index (χ1n) is 3.72. The lowest BCUT2D eigenvalue weighted by Crippen LogP contribution is -2.49. The average Bonchev–Trinajstić information content (AvgIpc) is 1.99. The van der Waals surface area contributed by atoms with E-state index in [1.165, 1.54) is 0 Å². The molecule has 13 heavy (non-hydrogen) atoms. The maximum atomic E-state index is 11.8. The number of carbonyl (C=O) groups excluding carboxylic acids is 1. The lowest BCUT2D eigenvalue weighted by molar-refractivity contribution is -0.146. The summed E-state index contributed by atoms with van der Waals surface area (Å²) in [5.74, 6) is 0. The molecular formula is C6H12F3N3O. The maximum absolute atomic E-state index is 11.8. The summed E-state index contributed by atoms with van der Waals surface area (Å²) < 4.78 is 35.4. The molecule has 0 aromatic heterocycles. The van der Waals surface area contributed by atoms with Gasteiger partial charge >= 0.3 is 12.2 Å². The molecule has 4 N–H and O–H groups in total. The molecule has 0 saturated carbocycles. The smallest absolute Gasteiger partial charge is 0.338 e. The Morgan fingerprint density at radius 1 is 1.46 bits per heavy atom. The van der Waals surface area contributed by atoms with E-state index in [1.54, 1.807) is 6.92 Å². The monoisotopic (exact) mass is 199 g/mol. The highest BCUT2D eigenvalue weighted by Crippen LogP contribution is 2.17. The van der Waals surface area contributed by atoms with Crippen LogP contribution in [-0.4, -0.2) is 31.3 Å². The first kappa shape index (κ1) is 12.0. The van der Waals surface area contributed by atoms with E-state index in [9.17, 15) is 18.0 Å². The van der Waals surface area contributed by atoms with Crippen molar-refractivity contribution in [3.8, 4) is 0 Å². The number of hydrogen-bond acceptors (Lipinski definition) is 2. The van der Waals surface area contributed by atoms with Crippen LogP contribution < -0.4 is 16.4 Å². The molecule has 0 saturated heterocycles. The zero-order valence-corrected chi connectivity index (χ0v) is 7.11. The quantitative estimate of drug-likeness (QED) is 0.607. The zero-order valence-electron chi connectivity index (χ0n) is 7.11. The minimum absolute atomic E-state index is 0.354. The van der Waals surface area contributed by atoms with Crippen molar-refractivity contribution >= 4 is 6.03 Å². The predicted molar refractivity (Wildman–Crippen MR) is 41.1 cm³/mol. The van der Waals surface area contributed by atoms with Crippen LogP contribution in [0.5, 0.6) is 0 Å². The largest absolute Gasteiger partial charge is 0.405 e. The minimum atomic E-state index is -4.47. The van der Waals surface area contributed by atoms with Crippen LogP contribution in [0.4, 0.5) is 18.0 Å². The molecule has 0 aliphatic heterocycles. The highest BCUT2D eigenvalue weighted by Gasteiger charge is 2.36. The molecule has 0 aliphatic carbocycles. The van der Waals surface area contributed by atoms with Gasteiger partial charge in [0.1, 0.15) is 6.04 Å². The van der Waals surface area contributed by atoms with E-state index in [0.717, 1.165) is 0 Å². The lowest BCUT2D eigenvalue weighted by Gasteiger charge is -2.15. The summed E-state index contributed by atoms with van der Waals surface area (Å²) in [6.45, 7) is 1.39. The molecule has 7 heteroatoms. The number of carbonyl (C=O) groups is 1. The van der Waals surface area contributed by atoms with Crippen LogP contribution in [0.3, 0.4) is 0 Å². The molecule has 0 bridgehead atoms. The van der Waals surface area contributed by atoms with E-state index in [2.05, 4.69) is 5.32 Å². The number of hydrogen-bond donors (Lipinski definition) is 3. The van der Waals surface area contributed by atoms with E-state index in [0.29, 0.717) is 6.54 Å². The third kappa shape index (κ3) is 5.29. The molecule has 0 aliphatic rings. The van der Waals surface area contributed by atoms with Gasteiger partial charge in [-0.1, -0.05) is 0 Å². The molecule has 1 unspecified atom stereocenters. The first-order valence-corrected chi connectivity index (χ1v) is 3.72. The highest BCUT2D eigenvalue weighted by atomic mass is 19.4. The van der Waals surface area contributed by atoms with Crippen molar-refractivity contribution in [1.82, 2.24) is 10.6 Å². The number of alkyl halides is 3. The molecular weight excluding hydrogens is 187 g/mol. The van der Waals surface area contributed by atoms with E-state index >= 15 is 0 Å². The number of rotatable bonds is 3. The number of urea groups is 1. The molecule has 0 radical (unpaired) electrons. The van der Waals surface area contributed by atoms with Crippen LogP contribution in [0, 0.1) is 0 Å². The molecule has 4 nitrogen and oxygen atoms in total. The van der Waals surface area contributed by atoms with Crippen LogP contribution in [-0.2, 0) is 0 Å². The summed E-state index contributed by atoms with van der Waals surface area (Å²) >= 11 is 0. The second kappa shape index (κ2) is 4.90. The van der Waals surface area contributed by atoms with Gasteiger partial charge in [0.15, 0.2) is 0 Å². The van der Waals surface area contributed by atoms with Crippen molar-refractivity contribution in [2.75, 3.05) is 13.1 Å². The summed E-state index contributed by atoms with van der Waals surface area (Å²) in [5.41, 5.74) is 4.73. The van der Waals surface area contributed by atoms with Crippen molar-refractivity contribution < 1.29 is 18.0 Å². The third-order valence-corrected chi connectivity index (χ3v) is 1.24. The van der Waals surface area contributed by atoms with Gasteiger partial charge in [-0.3, -0.25) is 0 Å². The topological polar surface area (TPSA) is 67.2 Å². The first-order chi connectivity index (χ1) is 5.88. The van der Waals surface area contributed by atoms with Gasteiger partial charge in [0.2, 0.25) is 0 Å². The fraction of sp³-hybridized carbons (Fsp3) is 0.833. The van der Waals surface area contributed by atoms with Gasteiger partial charge in [0, 0.05) is 13.1 Å². The SMILES string of the molecule is CCNC(=O)NCC(N)C(F)(F)F. The summed E-state index contributed by atoms with van der Waals surface area (Å²) in [7, 11) is 0. The second-order valence-corrected chi connectivity index (χ2v) is 2.39. The van der Waals surface area contributed by atoms with E-state index in [-0.39, 0.29) is 0 Å². The average molecular weight is 199 g/mol. The second-order valence-electron chi connectivity index (χ2n) is 2.39. The Kier molecular flexibility index (Phi) is 4.53. The molecule has 0 aromatic rings. The Morgan fingerprint density at radius 2 is 2.00 bits per heavy atom. The summed E-state index contributed by atoms with van der Waals surface area (Å²) in [4.78, 5) is 10.6. The van der Waals surface area contributed by atoms with Gasteiger partial charge in [0.05, 0.1) is 0 Å². The molecule has 0 rings (SSSR count). The van der Waals surface area contributed by atoms with Gasteiger partial charge in [-0.2, -0.15) is 13.2 Å². The molecule has 78 valence electrons. The Hall–Kier alpha value is -0.980. The summed E-state index contributed by atoms with van der Waals surface area (Å²) in [5, 5.41) is 4.27. The molecule has 0 fully saturated rings. The third-order valence-electron chi connectivity index (χ3n) is 1.24. The number of halogens is 3. The van der Waals surface area contributed by atoms with Gasteiger partial charge in [-0.15, -0.1) is 0 Å². The van der Waals surface area contributed by atoms with E-state index < -0.39 is 24.8 Å². The zero-order chi connectivity index (χ0) is 10.5. The minimum Gasteiger partial charge on any atom is -0.338 e. The lowest BCUT2D eigenvalue weighted by atomic mass is 10.3. The number of nitrogens with one attached hydrogen (secondary N) is 2. The normalized spacial score (nSPS) is 13.6. The van der Waals surface area contributed by atoms with Gasteiger partial charge < -0.3 is 16.4 Å². The Balaban J connectivity index is 3.70. The van der Waals surface area contributed by atoms with Crippen LogP contribution in [0.1, 0.15) is 6.92 Å². The van der Waals surface area contributed by atoms with Crippen molar-refractivity contribution in [2.24, 2.45) is 5.73 Å². The molecule has 1 atom stereocenters. The van der Waals surface area contributed by atoms with Gasteiger partial charge in [0.25, 0.3) is 0 Å². The molecule has 0 heterocycles. The molecule has 0 spiro atoms. The Bertz CT molecular complexity index is 171. The number of nitrogens with two attached hydrogens (primary N) is 1. The van der Waals surface area contributed by atoms with E-state index in [4.69, 9.17) is 5.73 Å². The summed E-state index contributed by atoms with van der Waals surface area (Å²) in [6, 6.07) is -2.67. The Labute approximate surface area is 73.7 Å².